The van der Waals surface area contributed by atoms with Crippen LogP contribution in [0, 0.1) is 0 Å². The van der Waals surface area contributed by atoms with E-state index < -0.39 is 15.4 Å². The van der Waals surface area contributed by atoms with E-state index in [2.05, 4.69) is 37.0 Å². The summed E-state index contributed by atoms with van der Waals surface area (Å²) in [4.78, 5) is 24.2. The molecule has 1 saturated heterocycles. The van der Waals surface area contributed by atoms with Gasteiger partial charge in [-0.15, -0.1) is 11.3 Å². The smallest absolute Gasteiger partial charge is 0.237 e. The zero-order valence-electron chi connectivity index (χ0n) is 20.2. The van der Waals surface area contributed by atoms with Crippen LogP contribution >= 0.6 is 11.3 Å². The topological polar surface area (TPSA) is 114 Å². The summed E-state index contributed by atoms with van der Waals surface area (Å²) < 4.78 is 32.4. The van der Waals surface area contributed by atoms with Crippen LogP contribution in [-0.2, 0) is 25.0 Å². The first-order valence-corrected chi connectivity index (χ1v) is 14.3. The molecule has 2 N–H and O–H groups in total. The first-order valence-electron chi connectivity index (χ1n) is 11.9. The predicted octanol–water partition coefficient (Wildman–Crippen LogP) is 3.86. The molecule has 2 fully saturated rings. The number of nitrogens with zero attached hydrogens (tertiary/aromatic N) is 3. The van der Waals surface area contributed by atoms with Gasteiger partial charge in [-0.25, -0.2) is 18.4 Å². The summed E-state index contributed by atoms with van der Waals surface area (Å²) in [6.07, 6.45) is 3.09. The van der Waals surface area contributed by atoms with E-state index in [0.717, 1.165) is 43.1 Å². The summed E-state index contributed by atoms with van der Waals surface area (Å²) in [5, 5.41) is 4.51. The fourth-order valence-electron chi connectivity index (χ4n) is 3.92. The molecule has 1 amide bonds. The molecule has 0 atom stereocenters. The SMILES string of the molecule is CC(C)(C(=O)Nc1ccc(-c2cccc(N3CCOCC3)c2)cn1)c1csc(NS(=O)(=O)C2CC2)n1. The maximum Gasteiger partial charge on any atom is 0.237 e. The number of morpholine rings is 1. The number of pyridine rings is 1. The molecule has 0 radical (unpaired) electrons. The zero-order chi connectivity index (χ0) is 25.3. The number of benzene rings is 1. The molecule has 0 spiro atoms. The monoisotopic (exact) mass is 527 g/mol. The number of carbonyl (C=O) groups excluding carboxylic acids is 1. The molecule has 3 aromatic rings. The van der Waals surface area contributed by atoms with Crippen molar-refractivity contribution < 1.29 is 17.9 Å². The Morgan fingerprint density at radius 1 is 1.14 bits per heavy atom. The van der Waals surface area contributed by atoms with Crippen molar-refractivity contribution in [1.29, 1.82) is 0 Å². The van der Waals surface area contributed by atoms with Crippen LogP contribution in [0.5, 0.6) is 0 Å². The van der Waals surface area contributed by atoms with Crippen LogP contribution in [0.1, 0.15) is 32.4 Å². The summed E-state index contributed by atoms with van der Waals surface area (Å²) in [6.45, 7) is 6.71. The lowest BCUT2D eigenvalue weighted by Gasteiger charge is -2.29. The summed E-state index contributed by atoms with van der Waals surface area (Å²) in [6, 6.07) is 12.0. The highest BCUT2D eigenvalue weighted by Gasteiger charge is 2.37. The van der Waals surface area contributed by atoms with Crippen molar-refractivity contribution >= 4 is 43.9 Å². The zero-order valence-corrected chi connectivity index (χ0v) is 21.9. The fourth-order valence-corrected chi connectivity index (χ4v) is 6.40. The first-order chi connectivity index (χ1) is 17.2. The quantitative estimate of drug-likeness (QED) is 0.457. The predicted molar refractivity (Wildman–Crippen MR) is 142 cm³/mol. The molecule has 11 heteroatoms. The molecule has 0 unspecified atom stereocenters. The highest BCUT2D eigenvalue weighted by molar-refractivity contribution is 7.93. The molecule has 0 bridgehead atoms. The minimum atomic E-state index is -3.40. The Balaban J connectivity index is 1.25. The molecule has 9 nitrogen and oxygen atoms in total. The number of nitrogens with one attached hydrogen (secondary N) is 2. The second-order valence-corrected chi connectivity index (χ2v) is 12.4. The van der Waals surface area contributed by atoms with Crippen LogP contribution in [0.3, 0.4) is 0 Å². The lowest BCUT2D eigenvalue weighted by Crippen LogP contribution is -2.36. The number of thiazole rings is 1. The summed E-state index contributed by atoms with van der Waals surface area (Å²) in [5.41, 5.74) is 2.67. The Bertz CT molecular complexity index is 1340. The standard InChI is InChI=1S/C25H29N5O4S2/c1-25(2,21-16-35-24(27-21)29-36(32,33)20-7-8-20)23(31)28-22-9-6-18(15-26-22)17-4-3-5-19(14-17)30-10-12-34-13-11-30/h3-6,9,14-16,20H,7-8,10-13H2,1-2H3,(H,27,29)(H,26,28,31). The number of ether oxygens (including phenoxy) is 1. The van der Waals surface area contributed by atoms with Crippen LogP contribution in [-0.4, -0.2) is 55.8 Å². The van der Waals surface area contributed by atoms with Crippen molar-refractivity contribution in [2.24, 2.45) is 0 Å². The van der Waals surface area contributed by atoms with E-state index >= 15 is 0 Å². The van der Waals surface area contributed by atoms with Gasteiger partial charge in [-0.05, 0) is 56.5 Å². The van der Waals surface area contributed by atoms with Gasteiger partial charge in [0.25, 0.3) is 0 Å². The minimum Gasteiger partial charge on any atom is -0.378 e. The first kappa shape index (κ1) is 24.7. The van der Waals surface area contributed by atoms with E-state index in [-0.39, 0.29) is 16.3 Å². The van der Waals surface area contributed by atoms with Gasteiger partial charge in [0, 0.05) is 35.9 Å². The Morgan fingerprint density at radius 3 is 2.61 bits per heavy atom. The number of carbonyl (C=O) groups is 1. The van der Waals surface area contributed by atoms with Gasteiger partial charge >= 0.3 is 0 Å². The molecule has 190 valence electrons. The second kappa shape index (κ2) is 9.79. The van der Waals surface area contributed by atoms with E-state index in [1.807, 2.05) is 18.2 Å². The van der Waals surface area contributed by atoms with Crippen molar-refractivity contribution in [3.63, 3.8) is 0 Å². The minimum absolute atomic E-state index is 0.277. The van der Waals surface area contributed by atoms with Crippen molar-refractivity contribution in [2.75, 3.05) is 41.2 Å². The Labute approximate surface area is 215 Å². The molecule has 2 aromatic heterocycles. The van der Waals surface area contributed by atoms with Gasteiger partial charge in [0.05, 0.1) is 29.6 Å². The highest BCUT2D eigenvalue weighted by Crippen LogP contribution is 2.33. The average molecular weight is 528 g/mol. The van der Waals surface area contributed by atoms with Gasteiger partial charge in [0.2, 0.25) is 15.9 Å². The van der Waals surface area contributed by atoms with Gasteiger partial charge in [-0.2, -0.15) is 0 Å². The van der Waals surface area contributed by atoms with E-state index in [9.17, 15) is 13.2 Å². The number of aromatic nitrogens is 2. The summed E-state index contributed by atoms with van der Waals surface area (Å²) >= 11 is 1.18. The van der Waals surface area contributed by atoms with Crippen LogP contribution in [0.2, 0.25) is 0 Å². The van der Waals surface area contributed by atoms with Gasteiger partial charge in [0.1, 0.15) is 5.82 Å². The van der Waals surface area contributed by atoms with Crippen molar-refractivity contribution in [2.45, 2.75) is 37.4 Å². The molecule has 1 aliphatic heterocycles. The van der Waals surface area contributed by atoms with Gasteiger partial charge in [-0.3, -0.25) is 9.52 Å². The fraction of sp³-hybridized carbons (Fsp3) is 0.400. The number of anilines is 3. The number of hydrogen-bond acceptors (Lipinski definition) is 8. The van der Waals surface area contributed by atoms with Gasteiger partial charge in [-0.1, -0.05) is 12.1 Å². The number of amides is 1. The molecule has 1 saturated carbocycles. The number of sulfonamides is 1. The van der Waals surface area contributed by atoms with Crippen molar-refractivity contribution in [3.05, 3.63) is 53.7 Å². The third kappa shape index (κ3) is 5.37. The van der Waals surface area contributed by atoms with Crippen molar-refractivity contribution in [1.82, 2.24) is 9.97 Å². The van der Waals surface area contributed by atoms with Gasteiger partial charge in [0.15, 0.2) is 5.13 Å². The summed E-state index contributed by atoms with van der Waals surface area (Å²) in [5.74, 6) is 0.157. The normalized spacial score (nSPS) is 16.6. The third-order valence-corrected chi connectivity index (χ3v) is 9.18. The largest absolute Gasteiger partial charge is 0.378 e. The van der Waals surface area contributed by atoms with E-state index in [4.69, 9.17) is 4.74 Å². The summed E-state index contributed by atoms with van der Waals surface area (Å²) in [7, 11) is -3.40. The molecular weight excluding hydrogens is 498 g/mol. The molecule has 36 heavy (non-hydrogen) atoms. The Morgan fingerprint density at radius 2 is 1.92 bits per heavy atom. The lowest BCUT2D eigenvalue weighted by atomic mass is 9.89. The highest BCUT2D eigenvalue weighted by atomic mass is 32.2. The van der Waals surface area contributed by atoms with Crippen molar-refractivity contribution in [3.8, 4) is 11.1 Å². The van der Waals surface area contributed by atoms with E-state index in [1.54, 1.807) is 31.5 Å². The maximum atomic E-state index is 13.1. The third-order valence-electron chi connectivity index (χ3n) is 6.47. The molecule has 2 aliphatic rings. The van der Waals surface area contributed by atoms with Crippen LogP contribution < -0.4 is 14.9 Å². The molecule has 5 rings (SSSR count). The average Bonchev–Trinajstić information content (AvgIpc) is 3.65. The maximum absolute atomic E-state index is 13.1. The van der Waals surface area contributed by atoms with Crippen LogP contribution in [0.25, 0.3) is 11.1 Å². The molecule has 1 aliphatic carbocycles. The lowest BCUT2D eigenvalue weighted by molar-refractivity contribution is -0.120. The van der Waals surface area contributed by atoms with E-state index in [0.29, 0.717) is 24.4 Å². The number of rotatable bonds is 8. The molecule has 3 heterocycles. The van der Waals surface area contributed by atoms with E-state index in [1.165, 1.54) is 11.3 Å². The van der Waals surface area contributed by atoms with Crippen LogP contribution in [0.4, 0.5) is 16.6 Å². The molecule has 1 aromatic carbocycles. The molecular formula is C25H29N5O4S2. The van der Waals surface area contributed by atoms with Crippen LogP contribution in [0.15, 0.2) is 48.0 Å². The second-order valence-electron chi connectivity index (χ2n) is 9.55. The number of hydrogen-bond donors (Lipinski definition) is 2. The Kier molecular flexibility index (Phi) is 6.71. The van der Waals surface area contributed by atoms with Gasteiger partial charge < -0.3 is 15.0 Å². The Hall–Kier alpha value is -3.02.